The van der Waals surface area contributed by atoms with Crippen molar-refractivity contribution in [1.29, 1.82) is 0 Å². The summed E-state index contributed by atoms with van der Waals surface area (Å²) in [5.74, 6) is 1.66. The van der Waals surface area contributed by atoms with E-state index in [9.17, 15) is 0 Å². The molecule has 2 heterocycles. The summed E-state index contributed by atoms with van der Waals surface area (Å²) >= 11 is 3.49. The first-order valence-corrected chi connectivity index (χ1v) is 8.63. The molecule has 23 heavy (non-hydrogen) atoms. The second-order valence-corrected chi connectivity index (χ2v) is 6.98. The minimum atomic E-state index is 0.657. The third-order valence-electron chi connectivity index (χ3n) is 4.10. The van der Waals surface area contributed by atoms with Gasteiger partial charge in [0, 0.05) is 48.1 Å². The Balaban J connectivity index is 1.82. The summed E-state index contributed by atoms with van der Waals surface area (Å²) in [7, 11) is 2.16. The van der Waals surface area contributed by atoms with E-state index < -0.39 is 0 Å². The van der Waals surface area contributed by atoms with E-state index in [4.69, 9.17) is 4.98 Å². The third kappa shape index (κ3) is 4.00. The Bertz CT molecular complexity index is 695. The maximum atomic E-state index is 4.71. The van der Waals surface area contributed by atoms with Crippen LogP contribution < -0.4 is 10.2 Å². The number of rotatable bonds is 3. The summed E-state index contributed by atoms with van der Waals surface area (Å²) in [5.41, 5.74) is 3.17. The molecule has 1 aromatic carbocycles. The third-order valence-corrected chi connectivity index (χ3v) is 4.60. The van der Waals surface area contributed by atoms with Gasteiger partial charge in [0.15, 0.2) is 0 Å². The minimum Gasteiger partial charge on any atom is -0.354 e. The van der Waals surface area contributed by atoms with Gasteiger partial charge in [-0.05, 0) is 44.7 Å². The van der Waals surface area contributed by atoms with Gasteiger partial charge in [-0.3, -0.25) is 0 Å². The van der Waals surface area contributed by atoms with Crippen LogP contribution in [0.2, 0.25) is 0 Å². The van der Waals surface area contributed by atoms with Crippen LogP contribution in [0.5, 0.6) is 0 Å². The lowest BCUT2D eigenvalue weighted by molar-refractivity contribution is 0.312. The van der Waals surface area contributed by atoms with E-state index >= 15 is 0 Å². The van der Waals surface area contributed by atoms with Crippen LogP contribution >= 0.6 is 15.9 Å². The van der Waals surface area contributed by atoms with Gasteiger partial charge in [-0.15, -0.1) is 0 Å². The molecule has 1 saturated heterocycles. The van der Waals surface area contributed by atoms with Gasteiger partial charge in [0.05, 0.1) is 0 Å². The highest BCUT2D eigenvalue weighted by Crippen LogP contribution is 2.24. The van der Waals surface area contributed by atoms with Crippen molar-refractivity contribution in [1.82, 2.24) is 14.9 Å². The van der Waals surface area contributed by atoms with E-state index in [0.29, 0.717) is 5.95 Å². The fourth-order valence-electron chi connectivity index (χ4n) is 2.69. The number of anilines is 3. The van der Waals surface area contributed by atoms with E-state index in [-0.39, 0.29) is 0 Å². The summed E-state index contributed by atoms with van der Waals surface area (Å²) in [6.45, 7) is 8.23. The van der Waals surface area contributed by atoms with Crippen LogP contribution in [0.4, 0.5) is 17.5 Å². The fraction of sp³-hybridized carbons (Fsp3) is 0.412. The topological polar surface area (TPSA) is 44.3 Å². The number of aromatic nitrogens is 2. The van der Waals surface area contributed by atoms with E-state index in [1.807, 2.05) is 19.1 Å². The first-order valence-electron chi connectivity index (χ1n) is 7.83. The van der Waals surface area contributed by atoms with Gasteiger partial charge in [-0.25, -0.2) is 4.98 Å². The van der Waals surface area contributed by atoms with Gasteiger partial charge in [-0.2, -0.15) is 4.98 Å². The highest BCUT2D eigenvalue weighted by molar-refractivity contribution is 9.10. The molecule has 1 aliphatic rings. The first-order chi connectivity index (χ1) is 11.0. The Labute approximate surface area is 145 Å². The summed E-state index contributed by atoms with van der Waals surface area (Å²) in [4.78, 5) is 13.9. The zero-order chi connectivity index (χ0) is 16.4. The van der Waals surface area contributed by atoms with Crippen LogP contribution in [0.1, 0.15) is 11.3 Å². The molecule has 1 N–H and O–H groups in total. The number of hydrogen-bond donors (Lipinski definition) is 1. The number of hydrogen-bond acceptors (Lipinski definition) is 5. The average molecular weight is 376 g/mol. The number of halogens is 1. The molecule has 0 amide bonds. The average Bonchev–Trinajstić information content (AvgIpc) is 2.50. The molecule has 0 spiro atoms. The normalized spacial score (nSPS) is 15.7. The lowest BCUT2D eigenvalue weighted by atomic mass is 10.2. The van der Waals surface area contributed by atoms with Crippen molar-refractivity contribution in [2.75, 3.05) is 43.4 Å². The molecule has 0 bridgehead atoms. The van der Waals surface area contributed by atoms with Crippen molar-refractivity contribution < 1.29 is 0 Å². The predicted molar refractivity (Wildman–Crippen MR) is 98.6 cm³/mol. The zero-order valence-corrected chi connectivity index (χ0v) is 15.4. The second-order valence-electron chi connectivity index (χ2n) is 6.07. The van der Waals surface area contributed by atoms with E-state index in [1.54, 1.807) is 0 Å². The van der Waals surface area contributed by atoms with Crippen molar-refractivity contribution >= 4 is 33.4 Å². The highest BCUT2D eigenvalue weighted by Gasteiger charge is 2.16. The largest absolute Gasteiger partial charge is 0.354 e. The summed E-state index contributed by atoms with van der Waals surface area (Å²) in [6.07, 6.45) is 0. The van der Waals surface area contributed by atoms with Crippen molar-refractivity contribution in [3.63, 3.8) is 0 Å². The highest BCUT2D eigenvalue weighted by atomic mass is 79.9. The smallest absolute Gasteiger partial charge is 0.229 e. The van der Waals surface area contributed by atoms with Crippen LogP contribution in [-0.4, -0.2) is 48.1 Å². The number of aryl methyl sites for hydroxylation is 2. The molecule has 0 saturated carbocycles. The Hall–Kier alpha value is -1.66. The maximum absolute atomic E-state index is 4.71. The van der Waals surface area contributed by atoms with Gasteiger partial charge in [0.2, 0.25) is 5.95 Å². The number of piperazine rings is 1. The molecule has 0 radical (unpaired) electrons. The number of nitrogens with one attached hydrogen (secondary N) is 1. The van der Waals surface area contributed by atoms with Gasteiger partial charge in [0.1, 0.15) is 5.82 Å². The van der Waals surface area contributed by atoms with Crippen molar-refractivity contribution in [2.24, 2.45) is 0 Å². The van der Waals surface area contributed by atoms with Crippen molar-refractivity contribution in [3.8, 4) is 0 Å². The second kappa shape index (κ2) is 6.84. The summed E-state index contributed by atoms with van der Waals surface area (Å²) in [6, 6.07) is 8.21. The Morgan fingerprint density at radius 2 is 1.78 bits per heavy atom. The molecular weight excluding hydrogens is 354 g/mol. The Kier molecular flexibility index (Phi) is 4.82. The standard InChI is InChI=1S/C17H22BrN5/c1-12-10-14(18)4-5-15(12)20-17-19-13(2)11-16(21-17)23-8-6-22(3)7-9-23/h4-5,10-11H,6-9H2,1-3H3,(H,19,20,21). The van der Waals surface area contributed by atoms with Crippen molar-refractivity contribution in [2.45, 2.75) is 13.8 Å². The van der Waals surface area contributed by atoms with E-state index in [1.165, 1.54) is 0 Å². The van der Waals surface area contributed by atoms with Gasteiger partial charge < -0.3 is 15.1 Å². The van der Waals surface area contributed by atoms with Gasteiger partial charge in [-0.1, -0.05) is 15.9 Å². The maximum Gasteiger partial charge on any atom is 0.229 e. The van der Waals surface area contributed by atoms with E-state index in [2.05, 4.69) is 62.1 Å². The predicted octanol–water partition coefficient (Wildman–Crippen LogP) is 3.35. The Morgan fingerprint density at radius 3 is 2.48 bits per heavy atom. The molecule has 0 aliphatic carbocycles. The molecule has 1 aromatic heterocycles. The minimum absolute atomic E-state index is 0.657. The van der Waals surface area contributed by atoms with Crippen LogP contribution in [0, 0.1) is 13.8 Å². The van der Waals surface area contributed by atoms with Crippen LogP contribution in [0.15, 0.2) is 28.7 Å². The summed E-state index contributed by atoms with van der Waals surface area (Å²) < 4.78 is 1.07. The molecule has 5 nitrogen and oxygen atoms in total. The molecule has 1 aliphatic heterocycles. The van der Waals surface area contributed by atoms with Crippen LogP contribution in [0.3, 0.4) is 0 Å². The fourth-order valence-corrected chi connectivity index (χ4v) is 3.17. The van der Waals surface area contributed by atoms with Gasteiger partial charge in [0.25, 0.3) is 0 Å². The van der Waals surface area contributed by atoms with Crippen molar-refractivity contribution in [3.05, 3.63) is 40.0 Å². The molecule has 122 valence electrons. The lowest BCUT2D eigenvalue weighted by Crippen LogP contribution is -2.44. The molecule has 6 heteroatoms. The summed E-state index contributed by atoms with van der Waals surface area (Å²) in [5, 5.41) is 3.35. The molecular formula is C17H22BrN5. The number of likely N-dealkylation sites (N-methyl/N-ethyl adjacent to an activating group) is 1. The van der Waals surface area contributed by atoms with Crippen LogP contribution in [0.25, 0.3) is 0 Å². The number of benzene rings is 1. The van der Waals surface area contributed by atoms with Crippen LogP contribution in [-0.2, 0) is 0 Å². The molecule has 0 atom stereocenters. The quantitative estimate of drug-likeness (QED) is 0.890. The molecule has 2 aromatic rings. The molecule has 0 unspecified atom stereocenters. The first kappa shape index (κ1) is 16.2. The molecule has 1 fully saturated rings. The lowest BCUT2D eigenvalue weighted by Gasteiger charge is -2.33. The monoisotopic (exact) mass is 375 g/mol. The Morgan fingerprint density at radius 1 is 1.04 bits per heavy atom. The van der Waals surface area contributed by atoms with Gasteiger partial charge >= 0.3 is 0 Å². The molecule has 3 rings (SSSR count). The SMILES string of the molecule is Cc1cc(N2CCN(C)CC2)nc(Nc2ccc(Br)cc2C)n1. The number of nitrogens with zero attached hydrogens (tertiary/aromatic N) is 4. The zero-order valence-electron chi connectivity index (χ0n) is 13.8. The van der Waals surface area contributed by atoms with E-state index in [0.717, 1.165) is 53.4 Å².